The van der Waals surface area contributed by atoms with Gasteiger partial charge in [-0.2, -0.15) is 0 Å². The summed E-state index contributed by atoms with van der Waals surface area (Å²) in [6.45, 7) is 2.89. The summed E-state index contributed by atoms with van der Waals surface area (Å²) < 4.78 is 19.8. The van der Waals surface area contributed by atoms with E-state index in [0.717, 1.165) is 49.4 Å². The maximum atomic E-state index is 14.6. The number of fused-ring (bicyclic) bond motifs is 1. The number of imide groups is 1. The van der Waals surface area contributed by atoms with Crippen LogP contribution in [0.5, 0.6) is 5.75 Å². The van der Waals surface area contributed by atoms with E-state index in [2.05, 4.69) is 22.3 Å². The van der Waals surface area contributed by atoms with E-state index in [1.165, 1.54) is 16.5 Å². The Morgan fingerprint density at radius 1 is 1.06 bits per heavy atom. The van der Waals surface area contributed by atoms with Crippen molar-refractivity contribution in [2.75, 3.05) is 20.2 Å². The van der Waals surface area contributed by atoms with Crippen molar-refractivity contribution in [2.24, 2.45) is 0 Å². The van der Waals surface area contributed by atoms with Crippen molar-refractivity contribution in [3.05, 3.63) is 64.5 Å². The number of carbonyl (C=O) groups excluding carboxylic acids is 3. The minimum atomic E-state index is -0.695. The number of amides is 3. The number of likely N-dealkylation sites (tertiary alicyclic amines) is 1. The Balaban J connectivity index is 1.29. The molecule has 0 radical (unpaired) electrons. The first-order valence-electron chi connectivity index (χ1n) is 11.7. The first-order chi connectivity index (χ1) is 16.4. The molecule has 7 nitrogen and oxygen atoms in total. The summed E-state index contributed by atoms with van der Waals surface area (Å²) in [5, 5.41) is 2.32. The number of halogens is 1. The molecule has 3 aliphatic heterocycles. The van der Waals surface area contributed by atoms with Gasteiger partial charge in [-0.1, -0.05) is 12.1 Å². The average molecular weight is 466 g/mol. The Morgan fingerprint density at radius 2 is 1.79 bits per heavy atom. The van der Waals surface area contributed by atoms with Crippen LogP contribution >= 0.6 is 0 Å². The number of benzene rings is 2. The molecule has 0 spiro atoms. The third-order valence-corrected chi connectivity index (χ3v) is 7.25. The monoisotopic (exact) mass is 465 g/mol. The van der Waals surface area contributed by atoms with Crippen molar-refractivity contribution in [3.63, 3.8) is 0 Å². The summed E-state index contributed by atoms with van der Waals surface area (Å²) in [5.41, 5.74) is 3.27. The van der Waals surface area contributed by atoms with Crippen LogP contribution in [0.2, 0.25) is 0 Å². The Kier molecular flexibility index (Phi) is 6.08. The molecule has 2 aromatic rings. The van der Waals surface area contributed by atoms with Gasteiger partial charge in [0.25, 0.3) is 5.91 Å². The van der Waals surface area contributed by atoms with Crippen molar-refractivity contribution >= 4 is 17.7 Å². The van der Waals surface area contributed by atoms with E-state index in [9.17, 15) is 18.8 Å². The van der Waals surface area contributed by atoms with Gasteiger partial charge in [0.05, 0.1) is 7.11 Å². The first-order valence-corrected chi connectivity index (χ1v) is 11.7. The zero-order chi connectivity index (χ0) is 23.8. The maximum absolute atomic E-state index is 14.6. The van der Waals surface area contributed by atoms with E-state index in [0.29, 0.717) is 12.0 Å². The predicted molar refractivity (Wildman–Crippen MR) is 123 cm³/mol. The summed E-state index contributed by atoms with van der Waals surface area (Å²) in [5.74, 6) is -0.533. The standard InChI is InChI=1S/C26H28FN3O4/c1-34-19-4-2-16(3-5-19)14-29-10-8-17(9-11-29)20-12-18(27)13-21-22(20)15-30(26(21)33)23-6-7-24(31)28-25(23)32/h2-5,12-13,17,23H,6-11,14-15H2,1H3,(H,28,31,32). The molecular formula is C26H28FN3O4. The zero-order valence-electron chi connectivity index (χ0n) is 19.2. The molecular weight excluding hydrogens is 437 g/mol. The molecule has 0 saturated carbocycles. The third kappa shape index (κ3) is 4.30. The fourth-order valence-electron chi connectivity index (χ4n) is 5.41. The molecule has 3 amide bonds. The number of ether oxygens (including phenoxy) is 1. The SMILES string of the molecule is COc1ccc(CN2CCC(c3cc(F)cc4c3CN(C3CCC(=O)NC3=O)C4=O)CC2)cc1. The normalized spacial score (nSPS) is 21.5. The molecule has 2 aromatic carbocycles. The molecule has 1 atom stereocenters. The lowest BCUT2D eigenvalue weighted by Gasteiger charge is -2.33. The second-order valence-electron chi connectivity index (χ2n) is 9.32. The van der Waals surface area contributed by atoms with Crippen LogP contribution in [0.1, 0.15) is 58.6 Å². The first kappa shape index (κ1) is 22.5. The number of carbonyl (C=O) groups is 3. The van der Waals surface area contributed by atoms with E-state index >= 15 is 0 Å². The molecule has 0 aliphatic carbocycles. The molecule has 3 aliphatic rings. The second-order valence-corrected chi connectivity index (χ2v) is 9.32. The number of methoxy groups -OCH3 is 1. The maximum Gasteiger partial charge on any atom is 0.255 e. The predicted octanol–water partition coefficient (Wildman–Crippen LogP) is 2.97. The highest BCUT2D eigenvalue weighted by molar-refractivity contribution is 6.05. The van der Waals surface area contributed by atoms with Gasteiger partial charge in [0, 0.05) is 25.1 Å². The van der Waals surface area contributed by atoms with E-state index < -0.39 is 17.8 Å². The molecule has 8 heteroatoms. The molecule has 0 aromatic heterocycles. The van der Waals surface area contributed by atoms with Crippen LogP contribution in [0.15, 0.2) is 36.4 Å². The van der Waals surface area contributed by atoms with E-state index in [1.54, 1.807) is 13.2 Å². The van der Waals surface area contributed by atoms with Gasteiger partial charge in [-0.25, -0.2) is 4.39 Å². The minimum absolute atomic E-state index is 0.158. The molecule has 3 heterocycles. The second kappa shape index (κ2) is 9.18. The Hall–Kier alpha value is -3.26. The van der Waals surface area contributed by atoms with Gasteiger partial charge in [0.2, 0.25) is 11.8 Å². The molecule has 1 unspecified atom stereocenters. The van der Waals surface area contributed by atoms with Gasteiger partial charge in [0.15, 0.2) is 0 Å². The van der Waals surface area contributed by atoms with Crippen LogP contribution in [0.3, 0.4) is 0 Å². The number of nitrogens with zero attached hydrogens (tertiary/aromatic N) is 2. The van der Waals surface area contributed by atoms with Crippen LogP contribution < -0.4 is 10.1 Å². The number of hydrogen-bond acceptors (Lipinski definition) is 5. The number of piperidine rings is 2. The van der Waals surface area contributed by atoms with Crippen LogP contribution in [0.4, 0.5) is 4.39 Å². The molecule has 0 bridgehead atoms. The Morgan fingerprint density at radius 3 is 2.47 bits per heavy atom. The Bertz CT molecular complexity index is 1130. The lowest BCUT2D eigenvalue weighted by Crippen LogP contribution is -2.52. The fourth-order valence-corrected chi connectivity index (χ4v) is 5.41. The third-order valence-electron chi connectivity index (χ3n) is 7.25. The quantitative estimate of drug-likeness (QED) is 0.687. The van der Waals surface area contributed by atoms with Crippen molar-refractivity contribution in [1.82, 2.24) is 15.1 Å². The largest absolute Gasteiger partial charge is 0.497 e. The van der Waals surface area contributed by atoms with Crippen LogP contribution in [0.25, 0.3) is 0 Å². The summed E-state index contributed by atoms with van der Waals surface area (Å²) in [4.78, 5) is 40.8. The Labute approximate surface area is 197 Å². The smallest absolute Gasteiger partial charge is 0.255 e. The molecule has 1 N–H and O–H groups in total. The van der Waals surface area contributed by atoms with Crippen molar-refractivity contribution in [1.29, 1.82) is 0 Å². The van der Waals surface area contributed by atoms with Gasteiger partial charge >= 0.3 is 0 Å². The van der Waals surface area contributed by atoms with Crippen LogP contribution in [0, 0.1) is 5.82 Å². The summed E-state index contributed by atoms with van der Waals surface area (Å²) >= 11 is 0. The number of rotatable bonds is 5. The van der Waals surface area contributed by atoms with Gasteiger partial charge < -0.3 is 9.64 Å². The highest BCUT2D eigenvalue weighted by atomic mass is 19.1. The van der Waals surface area contributed by atoms with E-state index in [4.69, 9.17) is 4.74 Å². The van der Waals surface area contributed by atoms with Crippen LogP contribution in [-0.2, 0) is 22.7 Å². The lowest BCUT2D eigenvalue weighted by atomic mass is 9.85. The van der Waals surface area contributed by atoms with E-state index in [1.807, 2.05) is 12.1 Å². The van der Waals surface area contributed by atoms with Crippen molar-refractivity contribution in [2.45, 2.75) is 50.7 Å². The summed E-state index contributed by atoms with van der Waals surface area (Å²) in [6, 6.07) is 10.2. The summed E-state index contributed by atoms with van der Waals surface area (Å²) in [7, 11) is 1.65. The molecule has 5 rings (SSSR count). The molecule has 2 fully saturated rings. The molecule has 2 saturated heterocycles. The van der Waals surface area contributed by atoms with Crippen molar-refractivity contribution in [3.8, 4) is 5.75 Å². The van der Waals surface area contributed by atoms with E-state index in [-0.39, 0.29) is 30.7 Å². The summed E-state index contributed by atoms with van der Waals surface area (Å²) in [6.07, 6.45) is 2.24. The van der Waals surface area contributed by atoms with Gasteiger partial charge in [0.1, 0.15) is 17.6 Å². The minimum Gasteiger partial charge on any atom is -0.497 e. The fraction of sp³-hybridized carbons (Fsp3) is 0.423. The zero-order valence-corrected chi connectivity index (χ0v) is 19.2. The van der Waals surface area contributed by atoms with Gasteiger partial charge in [-0.3, -0.25) is 24.6 Å². The van der Waals surface area contributed by atoms with Gasteiger partial charge in [-0.15, -0.1) is 0 Å². The van der Waals surface area contributed by atoms with Crippen molar-refractivity contribution < 1.29 is 23.5 Å². The topological polar surface area (TPSA) is 79.0 Å². The lowest BCUT2D eigenvalue weighted by molar-refractivity contribution is -0.136. The number of hydrogen-bond donors (Lipinski definition) is 1. The number of nitrogens with one attached hydrogen (secondary N) is 1. The highest BCUT2D eigenvalue weighted by Crippen LogP contribution is 2.38. The molecule has 34 heavy (non-hydrogen) atoms. The molecule has 178 valence electrons. The average Bonchev–Trinajstić information content (AvgIpc) is 3.15. The highest BCUT2D eigenvalue weighted by Gasteiger charge is 2.41. The van der Waals surface area contributed by atoms with Crippen LogP contribution in [-0.4, -0.2) is 53.8 Å². The van der Waals surface area contributed by atoms with Gasteiger partial charge in [-0.05, 0) is 79.2 Å².